The Hall–Kier alpha value is -0.480. The van der Waals surface area contributed by atoms with Crippen LogP contribution in [0.5, 0.6) is 0 Å². The van der Waals surface area contributed by atoms with E-state index in [2.05, 4.69) is 29.4 Å². The molecule has 2 saturated carbocycles. The number of nitrogens with one attached hydrogen (secondary N) is 1. The maximum Gasteiger partial charge on any atom is 0.123 e. The van der Waals surface area contributed by atoms with Crippen LogP contribution in [0.1, 0.15) is 75.2 Å². The Labute approximate surface area is 132 Å². The van der Waals surface area contributed by atoms with Crippen molar-refractivity contribution in [2.24, 2.45) is 5.92 Å². The molecule has 4 heteroatoms. The van der Waals surface area contributed by atoms with Gasteiger partial charge in [-0.05, 0) is 51.0 Å². The second-order valence-corrected chi connectivity index (χ2v) is 8.48. The third kappa shape index (κ3) is 4.04. The van der Waals surface area contributed by atoms with Crippen LogP contribution >= 0.6 is 11.3 Å². The Kier molecular flexibility index (Phi) is 4.95. The number of hydrogen-bond donors (Lipinski definition) is 1. The summed E-state index contributed by atoms with van der Waals surface area (Å²) in [5.74, 6) is 0.748. The highest BCUT2D eigenvalue weighted by Crippen LogP contribution is 2.46. The van der Waals surface area contributed by atoms with Crippen molar-refractivity contribution in [2.75, 3.05) is 6.54 Å². The van der Waals surface area contributed by atoms with Gasteiger partial charge in [0.05, 0.1) is 0 Å². The lowest BCUT2D eigenvalue weighted by atomic mass is 9.79. The van der Waals surface area contributed by atoms with Crippen LogP contribution in [0.3, 0.4) is 0 Å². The summed E-state index contributed by atoms with van der Waals surface area (Å²) < 4.78 is 0. The minimum Gasteiger partial charge on any atom is -0.314 e. The van der Waals surface area contributed by atoms with Crippen LogP contribution in [0, 0.1) is 5.92 Å². The van der Waals surface area contributed by atoms with Crippen molar-refractivity contribution in [2.45, 2.75) is 83.1 Å². The van der Waals surface area contributed by atoms with Crippen molar-refractivity contribution in [3.63, 3.8) is 0 Å². The van der Waals surface area contributed by atoms with E-state index < -0.39 is 0 Å². The summed E-state index contributed by atoms with van der Waals surface area (Å²) in [6.07, 6.45) is 11.7. The number of aromatic nitrogens is 2. The van der Waals surface area contributed by atoms with Crippen molar-refractivity contribution < 1.29 is 0 Å². The predicted molar refractivity (Wildman–Crippen MR) is 88.9 cm³/mol. The predicted octanol–water partition coefficient (Wildman–Crippen LogP) is 4.08. The van der Waals surface area contributed by atoms with Crippen molar-refractivity contribution in [1.82, 2.24) is 15.5 Å². The van der Waals surface area contributed by atoms with E-state index in [4.69, 9.17) is 0 Å². The first-order valence-electron chi connectivity index (χ1n) is 8.74. The zero-order chi connectivity index (χ0) is 14.7. The standard InChI is InChI=1S/C17H29N3S/c1-13(2)12-17(9-3-4-10-17)16-20-19-15(21-16)6-5-11-18-14-7-8-14/h13-14,18H,3-12H2,1-2H3. The number of aryl methyl sites for hydroxylation is 1. The average Bonchev–Trinajstić information content (AvgIpc) is 2.95. The summed E-state index contributed by atoms with van der Waals surface area (Å²) in [5, 5.41) is 15.2. The van der Waals surface area contributed by atoms with E-state index in [1.165, 1.54) is 61.4 Å². The van der Waals surface area contributed by atoms with Gasteiger partial charge in [-0.15, -0.1) is 21.5 Å². The van der Waals surface area contributed by atoms with Gasteiger partial charge in [-0.2, -0.15) is 0 Å². The number of rotatable bonds is 8. The van der Waals surface area contributed by atoms with Gasteiger partial charge in [0.15, 0.2) is 0 Å². The first kappa shape index (κ1) is 15.4. The largest absolute Gasteiger partial charge is 0.314 e. The highest BCUT2D eigenvalue weighted by Gasteiger charge is 2.39. The van der Waals surface area contributed by atoms with Gasteiger partial charge in [-0.3, -0.25) is 0 Å². The number of nitrogens with zero attached hydrogens (tertiary/aromatic N) is 2. The summed E-state index contributed by atoms with van der Waals surface area (Å²) >= 11 is 1.90. The molecule has 118 valence electrons. The summed E-state index contributed by atoms with van der Waals surface area (Å²) in [6.45, 7) is 5.81. The maximum atomic E-state index is 4.60. The Morgan fingerprint density at radius 3 is 2.67 bits per heavy atom. The molecule has 3 rings (SSSR count). The summed E-state index contributed by atoms with van der Waals surface area (Å²) in [5.41, 5.74) is 0.357. The fourth-order valence-corrected chi connectivity index (χ4v) is 4.88. The van der Waals surface area contributed by atoms with E-state index in [0.29, 0.717) is 5.41 Å². The summed E-state index contributed by atoms with van der Waals surface area (Å²) in [6, 6.07) is 0.822. The summed E-state index contributed by atoms with van der Waals surface area (Å²) in [4.78, 5) is 0. The molecular weight excluding hydrogens is 278 g/mol. The summed E-state index contributed by atoms with van der Waals surface area (Å²) in [7, 11) is 0. The third-order valence-electron chi connectivity index (χ3n) is 4.86. The molecule has 2 aliphatic carbocycles. The van der Waals surface area contributed by atoms with Gasteiger partial charge in [0.2, 0.25) is 0 Å². The zero-order valence-electron chi connectivity index (χ0n) is 13.5. The maximum absolute atomic E-state index is 4.60. The van der Waals surface area contributed by atoms with Gasteiger partial charge < -0.3 is 5.32 Å². The van der Waals surface area contributed by atoms with Gasteiger partial charge in [0.1, 0.15) is 10.0 Å². The lowest BCUT2D eigenvalue weighted by molar-refractivity contribution is 0.343. The fraction of sp³-hybridized carbons (Fsp3) is 0.882. The minimum atomic E-state index is 0.357. The third-order valence-corrected chi connectivity index (χ3v) is 6.09. The molecule has 21 heavy (non-hydrogen) atoms. The van der Waals surface area contributed by atoms with Crippen molar-refractivity contribution in [3.05, 3.63) is 10.0 Å². The topological polar surface area (TPSA) is 37.8 Å². The molecule has 0 saturated heterocycles. The molecular formula is C17H29N3S. The van der Waals surface area contributed by atoms with Crippen LogP contribution < -0.4 is 5.32 Å². The van der Waals surface area contributed by atoms with Crippen molar-refractivity contribution in [3.8, 4) is 0 Å². The molecule has 1 heterocycles. The smallest absolute Gasteiger partial charge is 0.123 e. The van der Waals surface area contributed by atoms with Crippen LogP contribution in [0.25, 0.3) is 0 Å². The van der Waals surface area contributed by atoms with E-state index in [-0.39, 0.29) is 0 Å². The molecule has 0 aliphatic heterocycles. The van der Waals surface area contributed by atoms with Gasteiger partial charge in [0, 0.05) is 17.9 Å². The molecule has 0 aromatic carbocycles. The monoisotopic (exact) mass is 307 g/mol. The van der Waals surface area contributed by atoms with Crippen LogP contribution in [-0.2, 0) is 11.8 Å². The molecule has 3 nitrogen and oxygen atoms in total. The molecule has 0 bridgehead atoms. The normalized spacial score (nSPS) is 21.3. The van der Waals surface area contributed by atoms with Crippen LogP contribution in [0.2, 0.25) is 0 Å². The van der Waals surface area contributed by atoms with Crippen LogP contribution in [0.15, 0.2) is 0 Å². The first-order valence-corrected chi connectivity index (χ1v) is 9.56. The van der Waals surface area contributed by atoms with E-state index in [1.807, 2.05) is 11.3 Å². The Morgan fingerprint density at radius 1 is 1.24 bits per heavy atom. The lowest BCUT2D eigenvalue weighted by Gasteiger charge is -2.27. The number of hydrogen-bond acceptors (Lipinski definition) is 4. The molecule has 0 atom stereocenters. The molecule has 0 amide bonds. The molecule has 1 N–H and O–H groups in total. The Balaban J connectivity index is 1.56. The van der Waals surface area contributed by atoms with Crippen LogP contribution in [0.4, 0.5) is 0 Å². The highest BCUT2D eigenvalue weighted by molar-refractivity contribution is 7.11. The Bertz CT molecular complexity index is 445. The molecule has 2 aliphatic rings. The van der Waals surface area contributed by atoms with Crippen LogP contribution in [-0.4, -0.2) is 22.8 Å². The average molecular weight is 308 g/mol. The van der Waals surface area contributed by atoms with Gasteiger partial charge in [-0.1, -0.05) is 26.7 Å². The van der Waals surface area contributed by atoms with Gasteiger partial charge in [-0.25, -0.2) is 0 Å². The molecule has 0 unspecified atom stereocenters. The minimum absolute atomic E-state index is 0.357. The van der Waals surface area contributed by atoms with E-state index >= 15 is 0 Å². The quantitative estimate of drug-likeness (QED) is 0.735. The molecule has 1 aromatic rings. The van der Waals surface area contributed by atoms with Gasteiger partial charge >= 0.3 is 0 Å². The second-order valence-electron chi connectivity index (χ2n) is 7.42. The first-order chi connectivity index (χ1) is 10.2. The van der Waals surface area contributed by atoms with Crippen molar-refractivity contribution in [1.29, 1.82) is 0 Å². The Morgan fingerprint density at radius 2 is 2.00 bits per heavy atom. The molecule has 1 aromatic heterocycles. The molecule has 0 spiro atoms. The SMILES string of the molecule is CC(C)CC1(c2nnc(CCCNC3CC3)s2)CCCC1. The van der Waals surface area contributed by atoms with E-state index in [1.54, 1.807) is 0 Å². The lowest BCUT2D eigenvalue weighted by Crippen LogP contribution is -2.24. The highest BCUT2D eigenvalue weighted by atomic mass is 32.1. The van der Waals surface area contributed by atoms with Gasteiger partial charge in [0.25, 0.3) is 0 Å². The van der Waals surface area contributed by atoms with E-state index in [9.17, 15) is 0 Å². The fourth-order valence-electron chi connectivity index (χ4n) is 3.74. The van der Waals surface area contributed by atoms with Crippen molar-refractivity contribution >= 4 is 11.3 Å². The second kappa shape index (κ2) is 6.74. The van der Waals surface area contributed by atoms with E-state index in [0.717, 1.165) is 24.9 Å². The molecule has 0 radical (unpaired) electrons. The molecule has 2 fully saturated rings. The zero-order valence-corrected chi connectivity index (χ0v) is 14.3.